The number of halogens is 1. The first kappa shape index (κ1) is 26.4. The third-order valence-electron chi connectivity index (χ3n) is 9.32. The molecule has 7 rings (SSSR count). The molecule has 2 aliphatic heterocycles. The van der Waals surface area contributed by atoms with Crippen LogP contribution in [0.2, 0.25) is 5.02 Å². The highest BCUT2D eigenvalue weighted by Crippen LogP contribution is 2.50. The van der Waals surface area contributed by atoms with Gasteiger partial charge in [-0.2, -0.15) is 5.10 Å². The summed E-state index contributed by atoms with van der Waals surface area (Å²) in [5, 5.41) is 5.31. The van der Waals surface area contributed by atoms with Crippen molar-refractivity contribution in [2.45, 2.75) is 25.2 Å². The van der Waals surface area contributed by atoms with Crippen molar-refractivity contribution in [1.29, 1.82) is 0 Å². The minimum absolute atomic E-state index is 0.250. The number of hydrogen-bond donors (Lipinski definition) is 0. The van der Waals surface area contributed by atoms with E-state index in [1.807, 2.05) is 35.0 Å². The maximum atomic E-state index is 13.6. The molecule has 1 amide bonds. The van der Waals surface area contributed by atoms with E-state index in [4.69, 9.17) is 11.6 Å². The van der Waals surface area contributed by atoms with Gasteiger partial charge in [-0.25, -0.2) is 4.52 Å². The van der Waals surface area contributed by atoms with E-state index < -0.39 is 0 Å². The van der Waals surface area contributed by atoms with Crippen LogP contribution in [0, 0.1) is 0 Å². The molecule has 0 spiro atoms. The fraction of sp³-hybridized carbons (Fsp3) is 0.394. The summed E-state index contributed by atoms with van der Waals surface area (Å²) in [6.45, 7) is 10.8. The van der Waals surface area contributed by atoms with Crippen molar-refractivity contribution in [3.05, 3.63) is 83.6 Å². The lowest BCUT2D eigenvalue weighted by atomic mass is 9.94. The number of amides is 1. The molecule has 7 nitrogen and oxygen atoms in total. The molecule has 41 heavy (non-hydrogen) atoms. The second kappa shape index (κ2) is 10.7. The maximum Gasteiger partial charge on any atom is 0.233 e. The zero-order chi connectivity index (χ0) is 28.0. The minimum Gasteiger partial charge on any atom is -0.369 e. The second-order valence-electron chi connectivity index (χ2n) is 11.6. The van der Waals surface area contributed by atoms with Gasteiger partial charge in [0.05, 0.1) is 16.6 Å². The van der Waals surface area contributed by atoms with Gasteiger partial charge in [-0.1, -0.05) is 42.8 Å². The Morgan fingerprint density at radius 2 is 1.59 bits per heavy atom. The SMILES string of the molecule is CCN1CCN(c2ccc(-c3cc4c(N5CCN(C(=O)C6(c7cccc(Cl)c7)CC6)CC5)ccnn4c3)cc2)CC1. The molecule has 0 unspecified atom stereocenters. The predicted octanol–water partition coefficient (Wildman–Crippen LogP) is 5.18. The van der Waals surface area contributed by atoms with Gasteiger partial charge < -0.3 is 19.6 Å². The smallest absolute Gasteiger partial charge is 0.233 e. The van der Waals surface area contributed by atoms with Crippen LogP contribution >= 0.6 is 11.6 Å². The van der Waals surface area contributed by atoms with E-state index in [0.29, 0.717) is 5.02 Å². The largest absolute Gasteiger partial charge is 0.369 e. The van der Waals surface area contributed by atoms with Crippen LogP contribution in [0.3, 0.4) is 0 Å². The van der Waals surface area contributed by atoms with Crippen LogP contribution in [0.4, 0.5) is 11.4 Å². The van der Waals surface area contributed by atoms with Gasteiger partial charge in [-0.3, -0.25) is 4.79 Å². The number of nitrogens with zero attached hydrogens (tertiary/aromatic N) is 6. The number of aromatic nitrogens is 2. The van der Waals surface area contributed by atoms with E-state index in [1.165, 1.54) is 22.5 Å². The molecule has 2 saturated heterocycles. The normalized spacial score (nSPS) is 19.1. The Hall–Kier alpha value is -3.55. The highest BCUT2D eigenvalue weighted by atomic mass is 35.5. The average Bonchev–Trinajstić information content (AvgIpc) is 3.72. The molecule has 1 aliphatic carbocycles. The van der Waals surface area contributed by atoms with Gasteiger partial charge in [0.15, 0.2) is 0 Å². The molecule has 2 aromatic heterocycles. The number of likely N-dealkylation sites (N-methyl/N-ethyl adjacent to an activating group) is 1. The van der Waals surface area contributed by atoms with Crippen molar-refractivity contribution in [3.63, 3.8) is 0 Å². The molecule has 0 atom stereocenters. The first-order valence-electron chi connectivity index (χ1n) is 14.9. The first-order valence-corrected chi connectivity index (χ1v) is 15.3. The molecule has 0 radical (unpaired) electrons. The number of anilines is 2. The van der Waals surface area contributed by atoms with Gasteiger partial charge >= 0.3 is 0 Å². The summed E-state index contributed by atoms with van der Waals surface area (Å²) in [6, 6.07) is 21.1. The number of rotatable bonds is 6. The van der Waals surface area contributed by atoms with Crippen LogP contribution < -0.4 is 9.80 Å². The topological polar surface area (TPSA) is 47.3 Å². The Morgan fingerprint density at radius 3 is 2.27 bits per heavy atom. The van der Waals surface area contributed by atoms with Crippen molar-refractivity contribution in [1.82, 2.24) is 19.4 Å². The van der Waals surface area contributed by atoms with Crippen molar-refractivity contribution in [2.75, 3.05) is 68.7 Å². The van der Waals surface area contributed by atoms with Crippen molar-refractivity contribution in [2.24, 2.45) is 0 Å². The summed E-state index contributed by atoms with van der Waals surface area (Å²) in [7, 11) is 0. The van der Waals surface area contributed by atoms with E-state index >= 15 is 0 Å². The first-order chi connectivity index (χ1) is 20.0. The summed E-state index contributed by atoms with van der Waals surface area (Å²) in [5.74, 6) is 0.250. The van der Waals surface area contributed by atoms with E-state index in [-0.39, 0.29) is 11.3 Å². The summed E-state index contributed by atoms with van der Waals surface area (Å²) in [4.78, 5) is 23.0. The van der Waals surface area contributed by atoms with Gasteiger partial charge in [-0.15, -0.1) is 0 Å². The Labute approximate surface area is 246 Å². The summed E-state index contributed by atoms with van der Waals surface area (Å²) >= 11 is 6.25. The molecular weight excluding hydrogens is 532 g/mol. The lowest BCUT2D eigenvalue weighted by Gasteiger charge is -2.38. The third kappa shape index (κ3) is 4.95. The third-order valence-corrected chi connectivity index (χ3v) is 9.55. The second-order valence-corrected chi connectivity index (χ2v) is 12.1. The number of carbonyl (C=O) groups is 1. The Morgan fingerprint density at radius 1 is 0.854 bits per heavy atom. The minimum atomic E-state index is -0.382. The van der Waals surface area contributed by atoms with Gasteiger partial charge in [-0.05, 0) is 66.9 Å². The Bertz CT molecular complexity index is 1550. The highest BCUT2D eigenvalue weighted by Gasteiger charge is 2.53. The monoisotopic (exact) mass is 568 g/mol. The lowest BCUT2D eigenvalue weighted by molar-refractivity contribution is -0.134. The molecule has 3 aliphatic rings. The van der Waals surface area contributed by atoms with Crippen molar-refractivity contribution < 1.29 is 4.79 Å². The molecule has 2 aromatic carbocycles. The van der Waals surface area contributed by atoms with Gasteiger partial charge in [0, 0.05) is 81.0 Å². The number of piperazine rings is 2. The van der Waals surface area contributed by atoms with Crippen LogP contribution in [-0.4, -0.2) is 84.2 Å². The molecule has 0 bridgehead atoms. The molecule has 1 saturated carbocycles. The fourth-order valence-corrected chi connectivity index (χ4v) is 6.79. The van der Waals surface area contributed by atoms with E-state index in [0.717, 1.165) is 82.8 Å². The van der Waals surface area contributed by atoms with Crippen LogP contribution in [0.15, 0.2) is 73.1 Å². The number of carbonyl (C=O) groups excluding carboxylic acids is 1. The van der Waals surface area contributed by atoms with E-state index in [9.17, 15) is 4.79 Å². The maximum absolute atomic E-state index is 13.6. The Kier molecular flexibility index (Phi) is 6.87. The zero-order valence-corrected chi connectivity index (χ0v) is 24.4. The van der Waals surface area contributed by atoms with Crippen LogP contribution in [0.1, 0.15) is 25.3 Å². The zero-order valence-electron chi connectivity index (χ0n) is 23.7. The van der Waals surface area contributed by atoms with Crippen LogP contribution in [0.5, 0.6) is 0 Å². The molecule has 4 aromatic rings. The van der Waals surface area contributed by atoms with Gasteiger partial charge in [0.1, 0.15) is 0 Å². The van der Waals surface area contributed by atoms with Crippen molar-refractivity contribution >= 4 is 34.4 Å². The summed E-state index contributed by atoms with van der Waals surface area (Å²) in [5.41, 5.74) is 6.59. The molecule has 3 fully saturated rings. The average molecular weight is 569 g/mol. The summed E-state index contributed by atoms with van der Waals surface area (Å²) in [6.07, 6.45) is 5.80. The molecule has 8 heteroatoms. The standard InChI is InChI=1S/C33H37ClN6O/c1-2-36-14-16-37(17-15-36)29-8-6-25(7-9-29)26-22-31-30(10-13-35-40(31)24-26)38-18-20-39(21-19-38)32(41)33(11-12-33)27-4-3-5-28(34)23-27/h3-10,13,22-24H,2,11-12,14-21H2,1H3. The van der Waals surface area contributed by atoms with Gasteiger partial charge in [0.25, 0.3) is 0 Å². The van der Waals surface area contributed by atoms with Crippen LogP contribution in [-0.2, 0) is 10.2 Å². The molecular formula is C33H37ClN6O. The lowest BCUT2D eigenvalue weighted by Crippen LogP contribution is -2.51. The highest BCUT2D eigenvalue weighted by molar-refractivity contribution is 6.30. The molecule has 0 N–H and O–H groups in total. The summed E-state index contributed by atoms with van der Waals surface area (Å²) < 4.78 is 1.98. The predicted molar refractivity (Wildman–Crippen MR) is 166 cm³/mol. The molecule has 4 heterocycles. The van der Waals surface area contributed by atoms with E-state index in [1.54, 1.807) is 0 Å². The Balaban J connectivity index is 1.04. The number of benzene rings is 2. The quantitative estimate of drug-likeness (QED) is 0.321. The van der Waals surface area contributed by atoms with E-state index in [2.05, 4.69) is 74.2 Å². The van der Waals surface area contributed by atoms with Crippen LogP contribution in [0.25, 0.3) is 16.6 Å². The van der Waals surface area contributed by atoms with Crippen molar-refractivity contribution in [3.8, 4) is 11.1 Å². The van der Waals surface area contributed by atoms with Gasteiger partial charge in [0.2, 0.25) is 5.91 Å². The fourth-order valence-electron chi connectivity index (χ4n) is 6.60. The number of fused-ring (bicyclic) bond motifs is 1. The molecule has 212 valence electrons. The number of hydrogen-bond acceptors (Lipinski definition) is 5.